The van der Waals surface area contributed by atoms with Gasteiger partial charge >= 0.3 is 0 Å². The van der Waals surface area contributed by atoms with E-state index in [0.29, 0.717) is 19.1 Å². The Morgan fingerprint density at radius 2 is 2.07 bits per heavy atom. The van der Waals surface area contributed by atoms with Gasteiger partial charge in [-0.3, -0.25) is 5.32 Å². The maximum atomic E-state index is 9.27. The lowest BCUT2D eigenvalue weighted by atomic mass is 9.76. The Kier molecular flexibility index (Phi) is 3.18. The standard InChI is InChI=1S/C11H20N2O/c1-9(2)5-13-11(6-12)8-14-7-10(11,3)4/h9,13H,5,7-8H2,1-4H3. The average Bonchev–Trinajstić information content (AvgIpc) is 2.38. The summed E-state index contributed by atoms with van der Waals surface area (Å²) >= 11 is 0. The quantitative estimate of drug-likeness (QED) is 0.745. The molecule has 0 bridgehead atoms. The monoisotopic (exact) mass is 196 g/mol. The van der Waals surface area contributed by atoms with Crippen molar-refractivity contribution in [2.75, 3.05) is 19.8 Å². The number of hydrogen-bond donors (Lipinski definition) is 1. The van der Waals surface area contributed by atoms with E-state index < -0.39 is 5.54 Å². The van der Waals surface area contributed by atoms with Gasteiger partial charge < -0.3 is 4.74 Å². The molecule has 0 aliphatic carbocycles. The fraction of sp³-hybridized carbons (Fsp3) is 0.909. The zero-order valence-corrected chi connectivity index (χ0v) is 9.55. The van der Waals surface area contributed by atoms with Gasteiger partial charge in [0.05, 0.1) is 19.3 Å². The smallest absolute Gasteiger partial charge is 0.137 e. The molecule has 1 aliphatic rings. The third kappa shape index (κ3) is 1.92. The second kappa shape index (κ2) is 3.88. The summed E-state index contributed by atoms with van der Waals surface area (Å²) in [4.78, 5) is 0. The van der Waals surface area contributed by atoms with Crippen molar-refractivity contribution in [1.82, 2.24) is 5.32 Å². The Bertz CT molecular complexity index is 242. The number of nitrogens with zero attached hydrogens (tertiary/aromatic N) is 1. The van der Waals surface area contributed by atoms with E-state index in [1.54, 1.807) is 0 Å². The second-order valence-corrected chi connectivity index (χ2v) is 5.17. The molecule has 0 aromatic carbocycles. The molecule has 1 heterocycles. The molecule has 1 atom stereocenters. The highest BCUT2D eigenvalue weighted by Crippen LogP contribution is 2.36. The molecule has 1 unspecified atom stereocenters. The summed E-state index contributed by atoms with van der Waals surface area (Å²) in [5.74, 6) is 0.552. The molecule has 80 valence electrons. The topological polar surface area (TPSA) is 45.0 Å². The van der Waals surface area contributed by atoms with Gasteiger partial charge in [0.15, 0.2) is 0 Å². The first-order valence-corrected chi connectivity index (χ1v) is 5.17. The molecule has 0 amide bonds. The minimum atomic E-state index is -0.503. The average molecular weight is 196 g/mol. The molecular formula is C11H20N2O. The summed E-state index contributed by atoms with van der Waals surface area (Å²) in [6, 6.07) is 2.39. The van der Waals surface area contributed by atoms with Gasteiger partial charge in [-0.1, -0.05) is 27.7 Å². The fourth-order valence-corrected chi connectivity index (χ4v) is 1.67. The van der Waals surface area contributed by atoms with Crippen molar-refractivity contribution in [2.45, 2.75) is 33.2 Å². The van der Waals surface area contributed by atoms with Crippen LogP contribution in [0.5, 0.6) is 0 Å². The van der Waals surface area contributed by atoms with Crippen molar-refractivity contribution >= 4 is 0 Å². The molecule has 3 nitrogen and oxygen atoms in total. The summed E-state index contributed by atoms with van der Waals surface area (Å²) < 4.78 is 5.41. The molecule has 1 N–H and O–H groups in total. The van der Waals surface area contributed by atoms with Gasteiger partial charge in [-0.15, -0.1) is 0 Å². The van der Waals surface area contributed by atoms with E-state index in [-0.39, 0.29) is 5.41 Å². The van der Waals surface area contributed by atoms with Gasteiger partial charge in [0.25, 0.3) is 0 Å². The van der Waals surface area contributed by atoms with E-state index in [0.717, 1.165) is 6.54 Å². The van der Waals surface area contributed by atoms with Crippen LogP contribution in [0.4, 0.5) is 0 Å². The fourth-order valence-electron chi connectivity index (χ4n) is 1.67. The predicted molar refractivity (Wildman–Crippen MR) is 55.8 cm³/mol. The van der Waals surface area contributed by atoms with E-state index in [2.05, 4.69) is 39.1 Å². The summed E-state index contributed by atoms with van der Waals surface area (Å²) in [5, 5.41) is 12.6. The van der Waals surface area contributed by atoms with Crippen LogP contribution in [0.3, 0.4) is 0 Å². The van der Waals surface area contributed by atoms with Crippen LogP contribution in [-0.4, -0.2) is 25.3 Å². The minimum Gasteiger partial charge on any atom is -0.378 e. The zero-order chi connectivity index (χ0) is 10.8. The Hall–Kier alpha value is -0.590. The van der Waals surface area contributed by atoms with Crippen LogP contribution in [-0.2, 0) is 4.74 Å². The molecule has 0 aromatic rings. The van der Waals surface area contributed by atoms with E-state index >= 15 is 0 Å². The largest absolute Gasteiger partial charge is 0.378 e. The maximum Gasteiger partial charge on any atom is 0.137 e. The molecule has 0 radical (unpaired) electrons. The highest BCUT2D eigenvalue weighted by molar-refractivity contribution is 5.18. The molecule has 0 spiro atoms. The Morgan fingerprint density at radius 3 is 2.43 bits per heavy atom. The number of hydrogen-bond acceptors (Lipinski definition) is 3. The molecule has 0 aromatic heterocycles. The van der Waals surface area contributed by atoms with Gasteiger partial charge in [0, 0.05) is 5.41 Å². The Balaban J connectivity index is 2.72. The third-order valence-corrected chi connectivity index (χ3v) is 2.94. The Morgan fingerprint density at radius 1 is 1.43 bits per heavy atom. The van der Waals surface area contributed by atoms with Crippen molar-refractivity contribution in [1.29, 1.82) is 5.26 Å². The van der Waals surface area contributed by atoms with Gasteiger partial charge in [0.1, 0.15) is 5.54 Å². The first-order chi connectivity index (χ1) is 6.43. The number of ether oxygens (including phenoxy) is 1. The molecule has 1 aliphatic heterocycles. The summed E-state index contributed by atoms with van der Waals surface area (Å²) in [6.07, 6.45) is 0. The van der Waals surface area contributed by atoms with Crippen LogP contribution in [0.15, 0.2) is 0 Å². The SMILES string of the molecule is CC(C)CNC1(C#N)COCC1(C)C. The third-order valence-electron chi connectivity index (χ3n) is 2.94. The lowest BCUT2D eigenvalue weighted by Crippen LogP contribution is -2.55. The van der Waals surface area contributed by atoms with E-state index in [4.69, 9.17) is 4.74 Å². The molecule has 0 saturated carbocycles. The van der Waals surface area contributed by atoms with Crippen molar-refractivity contribution in [2.24, 2.45) is 11.3 Å². The number of nitrogens with one attached hydrogen (secondary N) is 1. The maximum absolute atomic E-state index is 9.27. The van der Waals surface area contributed by atoms with Crippen LogP contribution < -0.4 is 5.32 Å². The predicted octanol–water partition coefficient (Wildman–Crippen LogP) is 1.55. The van der Waals surface area contributed by atoms with Gasteiger partial charge in [-0.2, -0.15) is 5.26 Å². The van der Waals surface area contributed by atoms with Crippen LogP contribution in [0, 0.1) is 22.7 Å². The first kappa shape index (κ1) is 11.5. The summed E-state index contributed by atoms with van der Waals surface area (Å²) in [6.45, 7) is 10.5. The van der Waals surface area contributed by atoms with Crippen molar-refractivity contribution < 1.29 is 4.74 Å². The first-order valence-electron chi connectivity index (χ1n) is 5.17. The van der Waals surface area contributed by atoms with Crippen LogP contribution in [0.1, 0.15) is 27.7 Å². The van der Waals surface area contributed by atoms with E-state index in [1.807, 2.05) is 0 Å². The highest BCUT2D eigenvalue weighted by Gasteiger charge is 2.50. The molecule has 1 saturated heterocycles. The second-order valence-electron chi connectivity index (χ2n) is 5.17. The van der Waals surface area contributed by atoms with Gasteiger partial charge in [0.2, 0.25) is 0 Å². The lowest BCUT2D eigenvalue weighted by Gasteiger charge is -2.34. The van der Waals surface area contributed by atoms with Gasteiger partial charge in [-0.25, -0.2) is 0 Å². The zero-order valence-electron chi connectivity index (χ0n) is 9.55. The molecule has 1 rings (SSSR count). The highest BCUT2D eigenvalue weighted by atomic mass is 16.5. The van der Waals surface area contributed by atoms with E-state index in [9.17, 15) is 5.26 Å². The minimum absolute atomic E-state index is 0.101. The number of nitriles is 1. The van der Waals surface area contributed by atoms with Crippen LogP contribution >= 0.6 is 0 Å². The van der Waals surface area contributed by atoms with Crippen molar-refractivity contribution in [3.05, 3.63) is 0 Å². The van der Waals surface area contributed by atoms with Crippen LogP contribution in [0.25, 0.3) is 0 Å². The summed E-state index contributed by atoms with van der Waals surface area (Å²) in [7, 11) is 0. The molecule has 14 heavy (non-hydrogen) atoms. The van der Waals surface area contributed by atoms with Crippen molar-refractivity contribution in [3.8, 4) is 6.07 Å². The van der Waals surface area contributed by atoms with Gasteiger partial charge in [-0.05, 0) is 12.5 Å². The number of rotatable bonds is 3. The Labute approximate surface area is 86.4 Å². The van der Waals surface area contributed by atoms with Crippen LogP contribution in [0.2, 0.25) is 0 Å². The molecule has 3 heteroatoms. The normalized spacial score (nSPS) is 30.6. The molecular weight excluding hydrogens is 176 g/mol. The molecule has 1 fully saturated rings. The lowest BCUT2D eigenvalue weighted by molar-refractivity contribution is 0.166. The van der Waals surface area contributed by atoms with Crippen molar-refractivity contribution in [3.63, 3.8) is 0 Å². The summed E-state index contributed by atoms with van der Waals surface area (Å²) in [5.41, 5.74) is -0.603. The van der Waals surface area contributed by atoms with E-state index in [1.165, 1.54) is 0 Å².